The Morgan fingerprint density at radius 2 is 1.66 bits per heavy atom. The van der Waals surface area contributed by atoms with Crippen LogP contribution in [0.4, 0.5) is 5.69 Å². The first-order chi connectivity index (χ1) is 13.9. The standard InChI is InChI=1S/C22H27N3O3S/c1-17(2)18-12-14-20(15-13-18)25(29(27,28)21-10-4-3-5-11-21)16-22(26)24-23-19-8-6-7-9-19/h3-5,10-15,17H,6-9,16H2,1-2H3,(H,24,26). The number of carbonyl (C=O) groups excluding carboxylic acids is 1. The molecule has 0 aliphatic heterocycles. The van der Waals surface area contributed by atoms with Crippen molar-refractivity contribution in [2.24, 2.45) is 5.10 Å². The van der Waals surface area contributed by atoms with Gasteiger partial charge in [0.2, 0.25) is 0 Å². The van der Waals surface area contributed by atoms with E-state index in [0.717, 1.165) is 41.3 Å². The molecule has 2 aromatic rings. The Morgan fingerprint density at radius 3 is 2.24 bits per heavy atom. The number of hydrogen-bond acceptors (Lipinski definition) is 4. The molecule has 1 saturated carbocycles. The molecule has 154 valence electrons. The van der Waals surface area contributed by atoms with Gasteiger partial charge in [0.25, 0.3) is 15.9 Å². The van der Waals surface area contributed by atoms with Gasteiger partial charge in [0, 0.05) is 5.71 Å². The minimum absolute atomic E-state index is 0.142. The van der Waals surface area contributed by atoms with E-state index in [9.17, 15) is 13.2 Å². The highest BCUT2D eigenvalue weighted by molar-refractivity contribution is 7.92. The Hall–Kier alpha value is -2.67. The predicted molar refractivity (Wildman–Crippen MR) is 116 cm³/mol. The van der Waals surface area contributed by atoms with Crippen molar-refractivity contribution in [3.8, 4) is 0 Å². The van der Waals surface area contributed by atoms with Crippen LogP contribution in [0, 0.1) is 0 Å². The van der Waals surface area contributed by atoms with E-state index in [2.05, 4.69) is 24.4 Å². The molecule has 1 N–H and O–H groups in total. The Labute approximate surface area is 172 Å². The van der Waals surface area contributed by atoms with Crippen LogP contribution < -0.4 is 9.73 Å². The van der Waals surface area contributed by atoms with Gasteiger partial charge in [0.1, 0.15) is 6.54 Å². The number of carbonyl (C=O) groups is 1. The molecule has 29 heavy (non-hydrogen) atoms. The molecule has 7 heteroatoms. The number of anilines is 1. The summed E-state index contributed by atoms with van der Waals surface area (Å²) in [6, 6.07) is 15.4. The Kier molecular flexibility index (Phi) is 6.69. The van der Waals surface area contributed by atoms with Crippen molar-refractivity contribution >= 4 is 27.3 Å². The van der Waals surface area contributed by atoms with Crippen LogP contribution in [0.2, 0.25) is 0 Å². The molecule has 0 spiro atoms. The lowest BCUT2D eigenvalue weighted by Crippen LogP contribution is -2.39. The molecule has 1 fully saturated rings. The molecule has 0 unspecified atom stereocenters. The highest BCUT2D eigenvalue weighted by Crippen LogP contribution is 2.25. The minimum Gasteiger partial charge on any atom is -0.271 e. The van der Waals surface area contributed by atoms with Gasteiger partial charge in [-0.25, -0.2) is 13.8 Å². The smallest absolute Gasteiger partial charge is 0.264 e. The predicted octanol–water partition coefficient (Wildman–Crippen LogP) is 4.05. The zero-order chi connectivity index (χ0) is 20.9. The van der Waals surface area contributed by atoms with E-state index in [4.69, 9.17) is 0 Å². The van der Waals surface area contributed by atoms with E-state index >= 15 is 0 Å². The third kappa shape index (κ3) is 5.23. The summed E-state index contributed by atoms with van der Waals surface area (Å²) in [5.41, 5.74) is 5.02. The van der Waals surface area contributed by atoms with E-state index in [-0.39, 0.29) is 11.4 Å². The molecule has 1 aliphatic carbocycles. The summed E-state index contributed by atoms with van der Waals surface area (Å²) in [6.45, 7) is 3.81. The number of hydrazone groups is 1. The van der Waals surface area contributed by atoms with Gasteiger partial charge in [-0.05, 0) is 61.4 Å². The number of nitrogens with zero attached hydrogens (tertiary/aromatic N) is 2. The van der Waals surface area contributed by atoms with Crippen molar-refractivity contribution < 1.29 is 13.2 Å². The SMILES string of the molecule is CC(C)c1ccc(N(CC(=O)NN=C2CCCC2)S(=O)(=O)c2ccccc2)cc1. The van der Waals surface area contributed by atoms with Crippen LogP contribution in [0.25, 0.3) is 0 Å². The molecule has 0 saturated heterocycles. The number of benzene rings is 2. The summed E-state index contributed by atoms with van der Waals surface area (Å²) in [5.74, 6) is -0.134. The van der Waals surface area contributed by atoms with Gasteiger partial charge in [-0.1, -0.05) is 44.2 Å². The van der Waals surface area contributed by atoms with Gasteiger partial charge in [-0.2, -0.15) is 5.10 Å². The maximum atomic E-state index is 13.3. The summed E-state index contributed by atoms with van der Waals surface area (Å²) in [6.07, 6.45) is 3.91. The Balaban J connectivity index is 1.88. The van der Waals surface area contributed by atoms with E-state index < -0.39 is 15.9 Å². The summed E-state index contributed by atoms with van der Waals surface area (Å²) in [5, 5.41) is 4.16. The van der Waals surface area contributed by atoms with E-state index in [0.29, 0.717) is 11.6 Å². The lowest BCUT2D eigenvalue weighted by molar-refractivity contribution is -0.119. The maximum absolute atomic E-state index is 13.3. The van der Waals surface area contributed by atoms with Crippen LogP contribution in [0.1, 0.15) is 51.0 Å². The van der Waals surface area contributed by atoms with Crippen LogP contribution in [0.5, 0.6) is 0 Å². The van der Waals surface area contributed by atoms with Crippen LogP contribution in [0.3, 0.4) is 0 Å². The summed E-state index contributed by atoms with van der Waals surface area (Å²) >= 11 is 0. The fraction of sp³-hybridized carbons (Fsp3) is 0.364. The molecule has 1 aliphatic rings. The number of rotatable bonds is 7. The normalized spacial score (nSPS) is 14.1. The first kappa shape index (κ1) is 21.0. The van der Waals surface area contributed by atoms with Crippen LogP contribution in [0.15, 0.2) is 64.6 Å². The van der Waals surface area contributed by atoms with E-state index in [1.165, 1.54) is 12.1 Å². The second-order valence-electron chi connectivity index (χ2n) is 7.49. The molecule has 0 atom stereocenters. The first-order valence-corrected chi connectivity index (χ1v) is 11.3. The van der Waals surface area contributed by atoms with Gasteiger partial charge in [-0.15, -0.1) is 0 Å². The zero-order valence-corrected chi connectivity index (χ0v) is 17.7. The fourth-order valence-corrected chi connectivity index (χ4v) is 4.70. The lowest BCUT2D eigenvalue weighted by atomic mass is 10.0. The molecule has 0 heterocycles. The Bertz CT molecular complexity index is 960. The van der Waals surface area contributed by atoms with Gasteiger partial charge >= 0.3 is 0 Å². The lowest BCUT2D eigenvalue weighted by Gasteiger charge is -2.24. The summed E-state index contributed by atoms with van der Waals surface area (Å²) in [4.78, 5) is 12.7. The number of amides is 1. The topological polar surface area (TPSA) is 78.8 Å². The third-order valence-corrected chi connectivity index (χ3v) is 6.77. The molecule has 0 bridgehead atoms. The summed E-state index contributed by atoms with van der Waals surface area (Å²) < 4.78 is 27.7. The third-order valence-electron chi connectivity index (χ3n) is 4.99. The second kappa shape index (κ2) is 9.22. The van der Waals surface area contributed by atoms with Crippen molar-refractivity contribution in [1.82, 2.24) is 5.43 Å². The fourth-order valence-electron chi connectivity index (χ4n) is 3.26. The van der Waals surface area contributed by atoms with Crippen molar-refractivity contribution in [3.63, 3.8) is 0 Å². The molecule has 0 aromatic heterocycles. The van der Waals surface area contributed by atoms with Crippen molar-refractivity contribution in [1.29, 1.82) is 0 Å². The first-order valence-electron chi connectivity index (χ1n) is 9.90. The van der Waals surface area contributed by atoms with Crippen molar-refractivity contribution in [3.05, 3.63) is 60.2 Å². The molecular weight excluding hydrogens is 386 g/mol. The molecular formula is C22H27N3O3S. The molecule has 6 nitrogen and oxygen atoms in total. The van der Waals surface area contributed by atoms with Crippen LogP contribution >= 0.6 is 0 Å². The highest BCUT2D eigenvalue weighted by Gasteiger charge is 2.27. The minimum atomic E-state index is -3.90. The van der Waals surface area contributed by atoms with Gasteiger partial charge < -0.3 is 0 Å². The quantitative estimate of drug-likeness (QED) is 0.696. The largest absolute Gasteiger partial charge is 0.271 e. The molecule has 3 rings (SSSR count). The average Bonchev–Trinajstić information content (AvgIpc) is 3.25. The Morgan fingerprint density at radius 1 is 1.03 bits per heavy atom. The summed E-state index contributed by atoms with van der Waals surface area (Å²) in [7, 11) is -3.90. The highest BCUT2D eigenvalue weighted by atomic mass is 32.2. The number of nitrogens with one attached hydrogen (secondary N) is 1. The van der Waals surface area contributed by atoms with E-state index in [1.807, 2.05) is 12.1 Å². The monoisotopic (exact) mass is 413 g/mol. The maximum Gasteiger partial charge on any atom is 0.264 e. The second-order valence-corrected chi connectivity index (χ2v) is 9.35. The van der Waals surface area contributed by atoms with Crippen molar-refractivity contribution in [2.45, 2.75) is 50.3 Å². The molecule has 1 amide bonds. The van der Waals surface area contributed by atoms with Crippen molar-refractivity contribution in [2.75, 3.05) is 10.8 Å². The van der Waals surface area contributed by atoms with Gasteiger partial charge in [0.15, 0.2) is 0 Å². The molecule has 2 aromatic carbocycles. The van der Waals surface area contributed by atoms with Crippen LogP contribution in [-0.2, 0) is 14.8 Å². The van der Waals surface area contributed by atoms with E-state index in [1.54, 1.807) is 30.3 Å². The van der Waals surface area contributed by atoms with Gasteiger partial charge in [0.05, 0.1) is 10.6 Å². The zero-order valence-electron chi connectivity index (χ0n) is 16.8. The van der Waals surface area contributed by atoms with Gasteiger partial charge in [-0.3, -0.25) is 9.10 Å². The van der Waals surface area contributed by atoms with Crippen LogP contribution in [-0.4, -0.2) is 26.6 Å². The molecule has 0 radical (unpaired) electrons. The number of hydrogen-bond donors (Lipinski definition) is 1. The average molecular weight is 414 g/mol. The number of sulfonamides is 1.